The number of fused-ring (bicyclic) bond motifs is 1. The van der Waals surface area contributed by atoms with Crippen LogP contribution in [0.5, 0.6) is 0 Å². The minimum atomic E-state index is 0.0231. The van der Waals surface area contributed by atoms with Gasteiger partial charge in [-0.15, -0.1) is 6.42 Å². The van der Waals surface area contributed by atoms with Crippen molar-refractivity contribution in [2.24, 2.45) is 0 Å². The lowest BCUT2D eigenvalue weighted by Crippen LogP contribution is -2.50. The van der Waals surface area contributed by atoms with Gasteiger partial charge in [0.2, 0.25) is 0 Å². The lowest BCUT2D eigenvalue weighted by atomic mass is 10.2. The van der Waals surface area contributed by atoms with Gasteiger partial charge in [0.25, 0.3) is 0 Å². The van der Waals surface area contributed by atoms with Crippen LogP contribution >= 0.6 is 0 Å². The normalized spacial score (nSPS) is 17.6. The molecule has 6 heteroatoms. The van der Waals surface area contributed by atoms with Gasteiger partial charge in [-0.05, 0) is 18.2 Å². The van der Waals surface area contributed by atoms with Gasteiger partial charge in [-0.25, -0.2) is 9.97 Å². The Morgan fingerprint density at radius 3 is 2.79 bits per heavy atom. The molecule has 1 atom stereocenters. The molecule has 1 fully saturated rings. The Kier molecular flexibility index (Phi) is 3.77. The summed E-state index contributed by atoms with van der Waals surface area (Å²) in [5.74, 6) is 4.35. The van der Waals surface area contributed by atoms with Gasteiger partial charge < -0.3 is 10.2 Å². The van der Waals surface area contributed by atoms with E-state index in [2.05, 4.69) is 31.1 Å². The van der Waals surface area contributed by atoms with Gasteiger partial charge in [-0.1, -0.05) is 5.92 Å². The summed E-state index contributed by atoms with van der Waals surface area (Å²) in [6.07, 6.45) is 12.6. The van der Waals surface area contributed by atoms with E-state index in [0.29, 0.717) is 5.82 Å². The fourth-order valence-electron chi connectivity index (χ4n) is 2.89. The lowest BCUT2D eigenvalue weighted by Gasteiger charge is -2.32. The Hall–Kier alpha value is -3.04. The highest BCUT2D eigenvalue weighted by Crippen LogP contribution is 2.27. The molecule has 0 saturated carbocycles. The monoisotopic (exact) mass is 316 g/mol. The lowest BCUT2D eigenvalue weighted by molar-refractivity contribution is 0.526. The third kappa shape index (κ3) is 2.66. The highest BCUT2D eigenvalue weighted by Gasteiger charge is 2.21. The predicted octanol–water partition coefficient (Wildman–Crippen LogP) is 1.50. The van der Waals surface area contributed by atoms with E-state index in [0.717, 1.165) is 41.9 Å². The number of nitrogens with one attached hydrogen (secondary N) is 1. The number of anilines is 1. The number of hydrogen-bond acceptors (Lipinski definition) is 6. The Bertz CT molecular complexity index is 902. The molecular weight excluding hydrogens is 300 g/mol. The van der Waals surface area contributed by atoms with E-state index in [4.69, 9.17) is 11.4 Å². The highest BCUT2D eigenvalue weighted by molar-refractivity contribution is 5.90. The second kappa shape index (κ2) is 6.22. The second-order valence-electron chi connectivity index (χ2n) is 5.62. The number of aromatic nitrogens is 4. The molecule has 1 saturated heterocycles. The summed E-state index contributed by atoms with van der Waals surface area (Å²) in [5, 5.41) is 4.31. The molecule has 6 nitrogen and oxygen atoms in total. The van der Waals surface area contributed by atoms with Crippen molar-refractivity contribution in [2.75, 3.05) is 24.5 Å². The maximum Gasteiger partial charge on any atom is 0.162 e. The molecule has 0 aliphatic carbocycles. The van der Waals surface area contributed by atoms with Crippen molar-refractivity contribution < 1.29 is 0 Å². The fourth-order valence-corrected chi connectivity index (χ4v) is 2.89. The van der Waals surface area contributed by atoms with Crippen LogP contribution < -0.4 is 10.2 Å². The summed E-state index contributed by atoms with van der Waals surface area (Å²) in [6, 6.07) is 5.79. The average molecular weight is 316 g/mol. The Morgan fingerprint density at radius 2 is 1.96 bits per heavy atom. The van der Waals surface area contributed by atoms with E-state index in [-0.39, 0.29) is 6.04 Å². The molecule has 0 aromatic carbocycles. The van der Waals surface area contributed by atoms with Crippen LogP contribution in [-0.4, -0.2) is 45.6 Å². The van der Waals surface area contributed by atoms with Crippen LogP contribution in [0.3, 0.4) is 0 Å². The summed E-state index contributed by atoms with van der Waals surface area (Å²) in [5.41, 5.74) is 1.76. The van der Waals surface area contributed by atoms with Crippen molar-refractivity contribution in [3.05, 3.63) is 43.0 Å². The molecule has 1 unspecified atom stereocenters. The molecule has 0 bridgehead atoms. The first kappa shape index (κ1) is 14.5. The molecule has 1 aliphatic heterocycles. The van der Waals surface area contributed by atoms with Crippen molar-refractivity contribution in [2.45, 2.75) is 6.04 Å². The molecule has 0 radical (unpaired) electrons. The quantitative estimate of drug-likeness (QED) is 0.723. The second-order valence-corrected chi connectivity index (χ2v) is 5.62. The summed E-state index contributed by atoms with van der Waals surface area (Å²) in [4.78, 5) is 20.0. The number of rotatable bonds is 2. The van der Waals surface area contributed by atoms with Crippen molar-refractivity contribution in [3.63, 3.8) is 0 Å². The van der Waals surface area contributed by atoms with Gasteiger partial charge >= 0.3 is 0 Å². The largest absolute Gasteiger partial charge is 0.352 e. The zero-order chi connectivity index (χ0) is 16.4. The van der Waals surface area contributed by atoms with Crippen molar-refractivity contribution in [1.82, 2.24) is 25.3 Å². The molecule has 0 amide bonds. The smallest absolute Gasteiger partial charge is 0.162 e. The Morgan fingerprint density at radius 1 is 1.12 bits per heavy atom. The zero-order valence-corrected chi connectivity index (χ0v) is 13.1. The van der Waals surface area contributed by atoms with E-state index in [9.17, 15) is 0 Å². The topological polar surface area (TPSA) is 66.8 Å². The summed E-state index contributed by atoms with van der Waals surface area (Å²) >= 11 is 0. The van der Waals surface area contributed by atoms with Gasteiger partial charge in [-0.3, -0.25) is 9.97 Å². The van der Waals surface area contributed by atoms with Crippen LogP contribution in [-0.2, 0) is 0 Å². The Balaban J connectivity index is 1.85. The molecule has 4 rings (SSSR count). The maximum atomic E-state index is 5.59. The Labute approximate surface area is 140 Å². The first-order chi connectivity index (χ1) is 11.8. The van der Waals surface area contributed by atoms with Gasteiger partial charge in [0.1, 0.15) is 5.82 Å². The molecule has 118 valence electrons. The van der Waals surface area contributed by atoms with Crippen LogP contribution in [0.2, 0.25) is 0 Å². The molecule has 3 aromatic heterocycles. The van der Waals surface area contributed by atoms with Gasteiger partial charge in [-0.2, -0.15) is 0 Å². The van der Waals surface area contributed by atoms with E-state index in [1.54, 1.807) is 24.8 Å². The van der Waals surface area contributed by atoms with Gasteiger partial charge in [0.15, 0.2) is 5.82 Å². The summed E-state index contributed by atoms with van der Waals surface area (Å²) in [6.45, 7) is 2.40. The number of piperazine rings is 1. The van der Waals surface area contributed by atoms with Crippen LogP contribution in [0.25, 0.3) is 22.3 Å². The molecule has 3 aromatic rings. The third-order valence-electron chi connectivity index (χ3n) is 4.09. The van der Waals surface area contributed by atoms with Crippen LogP contribution in [0.1, 0.15) is 0 Å². The minimum absolute atomic E-state index is 0.0231. The number of terminal acetylenes is 1. The average Bonchev–Trinajstić information content (AvgIpc) is 2.68. The highest BCUT2D eigenvalue weighted by atomic mass is 15.2. The van der Waals surface area contributed by atoms with Crippen molar-refractivity contribution >= 4 is 16.7 Å². The van der Waals surface area contributed by atoms with Crippen molar-refractivity contribution in [1.29, 1.82) is 0 Å². The summed E-state index contributed by atoms with van der Waals surface area (Å²) in [7, 11) is 0. The van der Waals surface area contributed by atoms with E-state index < -0.39 is 0 Å². The number of hydrogen-bond donors (Lipinski definition) is 1. The van der Waals surface area contributed by atoms with Gasteiger partial charge in [0.05, 0.1) is 17.8 Å². The molecule has 0 spiro atoms. The van der Waals surface area contributed by atoms with Crippen LogP contribution in [0.4, 0.5) is 5.82 Å². The third-order valence-corrected chi connectivity index (χ3v) is 4.09. The maximum absolute atomic E-state index is 5.59. The first-order valence-corrected chi connectivity index (χ1v) is 7.82. The summed E-state index contributed by atoms with van der Waals surface area (Å²) < 4.78 is 0. The predicted molar refractivity (Wildman–Crippen MR) is 93.4 cm³/mol. The molecule has 24 heavy (non-hydrogen) atoms. The van der Waals surface area contributed by atoms with E-state index in [1.807, 2.05) is 18.2 Å². The van der Waals surface area contributed by atoms with Crippen LogP contribution in [0, 0.1) is 12.3 Å². The van der Waals surface area contributed by atoms with Gasteiger partial charge in [0, 0.05) is 49.2 Å². The zero-order valence-electron chi connectivity index (χ0n) is 13.1. The van der Waals surface area contributed by atoms with Crippen LogP contribution in [0.15, 0.2) is 43.0 Å². The standard InChI is InChI=1S/C18H16N6/c1-2-14-12-24(10-9-21-14)18-15-5-8-20-11-16(15)22-17(23-18)13-3-6-19-7-4-13/h1,3-8,11,14,21H,9-10,12H2. The molecule has 1 N–H and O–H groups in total. The molecular formula is C18H16N6. The first-order valence-electron chi connectivity index (χ1n) is 7.82. The van der Waals surface area contributed by atoms with Crippen molar-refractivity contribution in [3.8, 4) is 23.7 Å². The van der Waals surface area contributed by atoms with E-state index in [1.165, 1.54) is 0 Å². The van der Waals surface area contributed by atoms with E-state index >= 15 is 0 Å². The SMILES string of the molecule is C#CC1CN(c2nc(-c3ccncc3)nc3cnccc23)CCN1. The number of nitrogens with zero attached hydrogens (tertiary/aromatic N) is 5. The number of pyridine rings is 2. The molecule has 4 heterocycles. The molecule has 1 aliphatic rings. The fraction of sp³-hybridized carbons (Fsp3) is 0.222. The minimum Gasteiger partial charge on any atom is -0.352 e.